The van der Waals surface area contributed by atoms with Crippen molar-refractivity contribution >= 4 is 5.78 Å². The minimum atomic E-state index is -0.978. The summed E-state index contributed by atoms with van der Waals surface area (Å²) in [5, 5.41) is 0. The Balaban J connectivity index is 2.13. The van der Waals surface area contributed by atoms with Crippen molar-refractivity contribution in [3.8, 4) is 0 Å². The van der Waals surface area contributed by atoms with E-state index in [1.165, 1.54) is 0 Å². The van der Waals surface area contributed by atoms with Gasteiger partial charge in [0.2, 0.25) is 5.78 Å². The summed E-state index contributed by atoms with van der Waals surface area (Å²) in [4.78, 5) is 12.1. The van der Waals surface area contributed by atoms with Gasteiger partial charge in [0.15, 0.2) is 0 Å². The van der Waals surface area contributed by atoms with Crippen molar-refractivity contribution in [2.24, 2.45) is 0 Å². The van der Waals surface area contributed by atoms with Crippen LogP contribution in [0.3, 0.4) is 0 Å². The summed E-state index contributed by atoms with van der Waals surface area (Å²) < 4.78 is 11.0. The fourth-order valence-corrected chi connectivity index (χ4v) is 2.22. The molecule has 15 heavy (non-hydrogen) atoms. The molecule has 1 saturated heterocycles. The van der Waals surface area contributed by atoms with Crippen LogP contribution in [-0.2, 0) is 9.47 Å². The number of fused-ring (bicyclic) bond motifs is 1. The van der Waals surface area contributed by atoms with Gasteiger partial charge >= 0.3 is 0 Å². The van der Waals surface area contributed by atoms with Gasteiger partial charge in [-0.25, -0.2) is 0 Å². The molecule has 3 unspecified atom stereocenters. The van der Waals surface area contributed by atoms with E-state index in [2.05, 4.69) is 0 Å². The number of carbonyl (C=O) groups excluding carboxylic acids is 1. The van der Waals surface area contributed by atoms with Crippen LogP contribution in [0.25, 0.3) is 0 Å². The third kappa shape index (κ3) is 1.05. The van der Waals surface area contributed by atoms with Crippen molar-refractivity contribution in [1.29, 1.82) is 0 Å². The van der Waals surface area contributed by atoms with Crippen molar-refractivity contribution in [3.63, 3.8) is 0 Å². The molecule has 0 aliphatic carbocycles. The average Bonchev–Trinajstić information content (AvgIpc) is 2.87. The van der Waals surface area contributed by atoms with Crippen molar-refractivity contribution < 1.29 is 14.3 Å². The number of epoxide rings is 1. The number of rotatable bonds is 0. The van der Waals surface area contributed by atoms with E-state index in [9.17, 15) is 4.79 Å². The number of carbonyl (C=O) groups is 1. The van der Waals surface area contributed by atoms with Crippen LogP contribution in [0.1, 0.15) is 35.9 Å². The Morgan fingerprint density at radius 2 is 1.87 bits per heavy atom. The first kappa shape index (κ1) is 9.07. The molecular formula is C12H12O3. The molecule has 0 aromatic heterocycles. The lowest BCUT2D eigenvalue weighted by atomic mass is 9.92. The first-order valence-electron chi connectivity index (χ1n) is 5.14. The maximum atomic E-state index is 12.1. The Kier molecular flexibility index (Phi) is 1.62. The second-order valence-electron chi connectivity index (χ2n) is 4.10. The molecule has 3 atom stereocenters. The van der Waals surface area contributed by atoms with Gasteiger partial charge in [-0.2, -0.15) is 0 Å². The zero-order valence-corrected chi connectivity index (χ0v) is 8.69. The Bertz CT molecular complexity index is 440. The van der Waals surface area contributed by atoms with E-state index in [0.29, 0.717) is 0 Å². The summed E-state index contributed by atoms with van der Waals surface area (Å²) in [5.74, 6) is -1.02. The van der Waals surface area contributed by atoms with E-state index in [1.807, 2.05) is 38.1 Å². The topological polar surface area (TPSA) is 38.8 Å². The van der Waals surface area contributed by atoms with E-state index in [4.69, 9.17) is 9.47 Å². The molecule has 3 nitrogen and oxygen atoms in total. The quantitative estimate of drug-likeness (QED) is 0.607. The average molecular weight is 204 g/mol. The molecule has 1 spiro atoms. The van der Waals surface area contributed by atoms with Gasteiger partial charge in [-0.05, 0) is 19.4 Å². The second-order valence-corrected chi connectivity index (χ2v) is 4.10. The summed E-state index contributed by atoms with van der Waals surface area (Å²) in [6.07, 6.45) is -0.204. The fourth-order valence-electron chi connectivity index (χ4n) is 2.22. The van der Waals surface area contributed by atoms with Crippen LogP contribution < -0.4 is 0 Å². The standard InChI is InChI=1S/C12H12O3/c1-7-9-5-3-4-6-10(9)11(13)12(14-7)8(2)15-12/h3-8H,1-2H3. The number of Topliss-reactive ketones (excluding diaryl/α,β-unsaturated/α-hetero) is 1. The van der Waals surface area contributed by atoms with Gasteiger partial charge in [-0.15, -0.1) is 0 Å². The van der Waals surface area contributed by atoms with Crippen LogP contribution in [0.5, 0.6) is 0 Å². The van der Waals surface area contributed by atoms with Crippen LogP contribution in [0.15, 0.2) is 24.3 Å². The molecule has 3 heteroatoms. The molecular weight excluding hydrogens is 192 g/mol. The summed E-state index contributed by atoms with van der Waals surface area (Å²) in [6, 6.07) is 7.56. The van der Waals surface area contributed by atoms with Gasteiger partial charge in [0.05, 0.1) is 6.10 Å². The maximum Gasteiger partial charge on any atom is 0.261 e. The van der Waals surface area contributed by atoms with Crippen molar-refractivity contribution in [2.45, 2.75) is 31.8 Å². The van der Waals surface area contributed by atoms with Crippen molar-refractivity contribution in [1.82, 2.24) is 0 Å². The molecule has 3 rings (SSSR count). The number of ether oxygens (including phenoxy) is 2. The number of hydrogen-bond donors (Lipinski definition) is 0. The van der Waals surface area contributed by atoms with E-state index in [0.717, 1.165) is 11.1 Å². The molecule has 2 aliphatic rings. The molecule has 0 N–H and O–H groups in total. The minimum absolute atomic E-state index is 0.0382. The molecule has 1 aromatic rings. The zero-order chi connectivity index (χ0) is 10.6. The molecule has 1 fully saturated rings. The van der Waals surface area contributed by atoms with Gasteiger partial charge in [-0.3, -0.25) is 4.79 Å². The number of ketones is 1. The Morgan fingerprint density at radius 1 is 1.20 bits per heavy atom. The highest BCUT2D eigenvalue weighted by Crippen LogP contribution is 2.48. The molecule has 78 valence electrons. The smallest absolute Gasteiger partial charge is 0.261 e. The highest BCUT2D eigenvalue weighted by molar-refractivity contribution is 6.05. The largest absolute Gasteiger partial charge is 0.333 e. The zero-order valence-electron chi connectivity index (χ0n) is 8.69. The Hall–Kier alpha value is -1.19. The van der Waals surface area contributed by atoms with E-state index in [-0.39, 0.29) is 18.0 Å². The monoisotopic (exact) mass is 204 g/mol. The van der Waals surface area contributed by atoms with Gasteiger partial charge in [-0.1, -0.05) is 24.3 Å². The third-order valence-corrected chi connectivity index (χ3v) is 3.14. The SMILES string of the molecule is CC1OC2(OC2C)C(=O)c2ccccc21. The second kappa shape index (κ2) is 2.68. The predicted octanol–water partition coefficient (Wildman–Crippen LogP) is 2.08. The highest BCUT2D eigenvalue weighted by atomic mass is 16.8. The van der Waals surface area contributed by atoms with Crippen LogP contribution in [-0.4, -0.2) is 17.7 Å². The molecule has 0 amide bonds. The van der Waals surface area contributed by atoms with Crippen molar-refractivity contribution in [2.75, 3.05) is 0 Å². The van der Waals surface area contributed by atoms with Crippen LogP contribution in [0.4, 0.5) is 0 Å². The van der Waals surface area contributed by atoms with E-state index in [1.54, 1.807) is 0 Å². The van der Waals surface area contributed by atoms with Crippen molar-refractivity contribution in [3.05, 3.63) is 35.4 Å². The maximum absolute atomic E-state index is 12.1. The van der Waals surface area contributed by atoms with Gasteiger partial charge in [0.1, 0.15) is 6.10 Å². The van der Waals surface area contributed by atoms with E-state index < -0.39 is 5.79 Å². The molecule has 0 saturated carbocycles. The molecule has 0 bridgehead atoms. The third-order valence-electron chi connectivity index (χ3n) is 3.14. The van der Waals surface area contributed by atoms with Gasteiger partial charge in [0, 0.05) is 5.56 Å². The van der Waals surface area contributed by atoms with Crippen LogP contribution >= 0.6 is 0 Å². The number of hydrogen-bond acceptors (Lipinski definition) is 3. The van der Waals surface area contributed by atoms with Gasteiger partial charge < -0.3 is 9.47 Å². The minimum Gasteiger partial charge on any atom is -0.333 e. The first-order valence-corrected chi connectivity index (χ1v) is 5.14. The lowest BCUT2D eigenvalue weighted by molar-refractivity contribution is -0.0702. The fraction of sp³-hybridized carbons (Fsp3) is 0.417. The van der Waals surface area contributed by atoms with Crippen LogP contribution in [0, 0.1) is 0 Å². The first-order chi connectivity index (χ1) is 7.15. The summed E-state index contributed by atoms with van der Waals surface area (Å²) in [7, 11) is 0. The molecule has 2 heterocycles. The Labute approximate surface area is 88.0 Å². The summed E-state index contributed by atoms with van der Waals surface area (Å²) in [5.41, 5.74) is 1.69. The normalized spacial score (nSPS) is 37.9. The molecule has 1 aromatic carbocycles. The predicted molar refractivity (Wildman–Crippen MR) is 53.6 cm³/mol. The lowest BCUT2D eigenvalue weighted by Gasteiger charge is -2.27. The molecule has 2 aliphatic heterocycles. The number of benzene rings is 1. The van der Waals surface area contributed by atoms with Gasteiger partial charge in [0.25, 0.3) is 5.79 Å². The lowest BCUT2D eigenvalue weighted by Crippen LogP contribution is -2.36. The van der Waals surface area contributed by atoms with E-state index >= 15 is 0 Å². The summed E-state index contributed by atoms with van der Waals surface area (Å²) >= 11 is 0. The Morgan fingerprint density at radius 3 is 2.53 bits per heavy atom. The highest BCUT2D eigenvalue weighted by Gasteiger charge is 2.64. The van der Waals surface area contributed by atoms with Crippen LogP contribution in [0.2, 0.25) is 0 Å². The molecule has 0 radical (unpaired) electrons. The summed E-state index contributed by atoms with van der Waals surface area (Å²) in [6.45, 7) is 3.81.